The van der Waals surface area contributed by atoms with Gasteiger partial charge in [-0.05, 0) is 38.0 Å². The number of anilines is 1. The van der Waals surface area contributed by atoms with Gasteiger partial charge in [-0.15, -0.1) is 5.10 Å². The van der Waals surface area contributed by atoms with Crippen LogP contribution in [-0.2, 0) is 6.42 Å². The van der Waals surface area contributed by atoms with E-state index in [1.54, 1.807) is 25.9 Å². The van der Waals surface area contributed by atoms with Crippen LogP contribution in [0.3, 0.4) is 0 Å². The molecule has 1 N–H and O–H groups in total. The summed E-state index contributed by atoms with van der Waals surface area (Å²) in [5.41, 5.74) is 4.09. The number of ketones is 1. The standard InChI is InChI=1S/C22H25N5O3/c1-12-8-13(2)25-22(24-12)27-17-9-14(10-18(28)20(17)21(23-3)26-27)16-7-6-15(29-4)11-19(16)30-5/h6-8,11,14H,9-10H2,1-5H3,(H,23,26). The van der Waals surface area contributed by atoms with Crippen LogP contribution in [0.5, 0.6) is 11.5 Å². The molecule has 0 saturated heterocycles. The maximum atomic E-state index is 13.2. The first-order valence-corrected chi connectivity index (χ1v) is 9.82. The number of methoxy groups -OCH3 is 2. The molecule has 1 aliphatic rings. The summed E-state index contributed by atoms with van der Waals surface area (Å²) >= 11 is 0. The molecule has 0 spiro atoms. The van der Waals surface area contributed by atoms with Crippen LogP contribution in [0.2, 0.25) is 0 Å². The zero-order valence-corrected chi connectivity index (χ0v) is 17.8. The first-order valence-electron chi connectivity index (χ1n) is 9.82. The number of Topliss-reactive ketones (excluding diaryl/α,β-unsaturated/α-hetero) is 1. The number of rotatable bonds is 5. The number of nitrogens with zero attached hydrogens (tertiary/aromatic N) is 4. The van der Waals surface area contributed by atoms with Crippen molar-refractivity contribution in [3.8, 4) is 17.4 Å². The van der Waals surface area contributed by atoms with E-state index in [2.05, 4.69) is 20.4 Å². The molecule has 0 amide bonds. The fraction of sp³-hybridized carbons (Fsp3) is 0.364. The highest BCUT2D eigenvalue weighted by molar-refractivity contribution is 6.03. The molecule has 4 rings (SSSR count). The Balaban J connectivity index is 1.83. The number of carbonyl (C=O) groups is 1. The summed E-state index contributed by atoms with van der Waals surface area (Å²) < 4.78 is 12.6. The molecule has 2 heterocycles. The normalized spacial score (nSPS) is 15.6. The summed E-state index contributed by atoms with van der Waals surface area (Å²) in [4.78, 5) is 22.2. The molecule has 2 aromatic heterocycles. The molecule has 0 bridgehead atoms. The van der Waals surface area contributed by atoms with E-state index in [-0.39, 0.29) is 11.7 Å². The molecule has 156 valence electrons. The molecule has 30 heavy (non-hydrogen) atoms. The van der Waals surface area contributed by atoms with Crippen LogP contribution >= 0.6 is 0 Å². The van der Waals surface area contributed by atoms with E-state index in [0.29, 0.717) is 41.7 Å². The number of aromatic nitrogens is 4. The van der Waals surface area contributed by atoms with Gasteiger partial charge in [0.2, 0.25) is 0 Å². The summed E-state index contributed by atoms with van der Waals surface area (Å²) in [5, 5.41) is 7.67. The number of benzene rings is 1. The Bertz CT molecular complexity index is 1100. The SMILES string of the molecule is CNc1nn(-c2nc(C)cc(C)n2)c2c1C(=O)CC(c1ccc(OC)cc1OC)C2. The van der Waals surface area contributed by atoms with Gasteiger partial charge in [0.1, 0.15) is 11.5 Å². The highest BCUT2D eigenvalue weighted by Gasteiger charge is 2.35. The van der Waals surface area contributed by atoms with Gasteiger partial charge in [-0.25, -0.2) is 14.6 Å². The highest BCUT2D eigenvalue weighted by atomic mass is 16.5. The van der Waals surface area contributed by atoms with Gasteiger partial charge >= 0.3 is 0 Å². The van der Waals surface area contributed by atoms with Crippen molar-refractivity contribution in [2.75, 3.05) is 26.6 Å². The molecule has 0 saturated carbocycles. The Labute approximate surface area is 175 Å². The van der Waals surface area contributed by atoms with E-state index in [1.165, 1.54) is 0 Å². The lowest BCUT2D eigenvalue weighted by Crippen LogP contribution is -2.22. The van der Waals surface area contributed by atoms with Crippen molar-refractivity contribution in [2.24, 2.45) is 0 Å². The second-order valence-corrected chi connectivity index (χ2v) is 7.42. The van der Waals surface area contributed by atoms with E-state index >= 15 is 0 Å². The van der Waals surface area contributed by atoms with Crippen LogP contribution in [0.15, 0.2) is 24.3 Å². The number of hydrogen-bond acceptors (Lipinski definition) is 7. The molecule has 8 heteroatoms. The Kier molecular flexibility index (Phi) is 5.15. The number of hydrogen-bond donors (Lipinski definition) is 1. The number of aryl methyl sites for hydroxylation is 2. The summed E-state index contributed by atoms with van der Waals surface area (Å²) in [7, 11) is 5.01. The molecule has 0 fully saturated rings. The average Bonchev–Trinajstić information content (AvgIpc) is 3.11. The van der Waals surface area contributed by atoms with Gasteiger partial charge in [0.25, 0.3) is 5.95 Å². The van der Waals surface area contributed by atoms with Crippen molar-refractivity contribution < 1.29 is 14.3 Å². The second-order valence-electron chi connectivity index (χ2n) is 7.42. The minimum Gasteiger partial charge on any atom is -0.497 e. The molecule has 0 aliphatic heterocycles. The van der Waals surface area contributed by atoms with Crippen LogP contribution < -0.4 is 14.8 Å². The molecule has 0 radical (unpaired) electrons. The molecule has 8 nitrogen and oxygen atoms in total. The van der Waals surface area contributed by atoms with E-state index < -0.39 is 0 Å². The van der Waals surface area contributed by atoms with Crippen molar-refractivity contribution in [3.05, 3.63) is 52.5 Å². The lowest BCUT2D eigenvalue weighted by atomic mass is 9.81. The van der Waals surface area contributed by atoms with Crippen LogP contribution in [0.1, 0.15) is 45.3 Å². The molecule has 1 aromatic carbocycles. The summed E-state index contributed by atoms with van der Waals surface area (Å²) in [6.07, 6.45) is 0.999. The monoisotopic (exact) mass is 407 g/mol. The molecular weight excluding hydrogens is 382 g/mol. The van der Waals surface area contributed by atoms with Crippen molar-refractivity contribution in [3.63, 3.8) is 0 Å². The fourth-order valence-corrected chi connectivity index (χ4v) is 4.08. The third-order valence-electron chi connectivity index (χ3n) is 5.41. The van der Waals surface area contributed by atoms with Crippen LogP contribution in [0.4, 0.5) is 5.82 Å². The average molecular weight is 407 g/mol. The van der Waals surface area contributed by atoms with E-state index in [0.717, 1.165) is 22.6 Å². The molecule has 1 atom stereocenters. The molecule has 3 aromatic rings. The maximum absolute atomic E-state index is 13.2. The van der Waals surface area contributed by atoms with Crippen molar-refractivity contribution in [1.82, 2.24) is 19.7 Å². The maximum Gasteiger partial charge on any atom is 0.251 e. The smallest absolute Gasteiger partial charge is 0.251 e. The Morgan fingerprint density at radius 2 is 1.80 bits per heavy atom. The van der Waals surface area contributed by atoms with Gasteiger partial charge in [-0.1, -0.05) is 6.07 Å². The Morgan fingerprint density at radius 1 is 1.07 bits per heavy atom. The van der Waals surface area contributed by atoms with Gasteiger partial charge in [0, 0.05) is 36.8 Å². The van der Waals surface area contributed by atoms with Crippen LogP contribution in [0, 0.1) is 13.8 Å². The largest absolute Gasteiger partial charge is 0.497 e. The van der Waals surface area contributed by atoms with Crippen molar-refractivity contribution in [1.29, 1.82) is 0 Å². The first kappa shape index (κ1) is 19.9. The van der Waals surface area contributed by atoms with E-state index in [9.17, 15) is 4.79 Å². The van der Waals surface area contributed by atoms with Crippen LogP contribution in [0.25, 0.3) is 5.95 Å². The number of nitrogens with one attached hydrogen (secondary N) is 1. The van der Waals surface area contributed by atoms with Crippen molar-refractivity contribution in [2.45, 2.75) is 32.6 Å². The summed E-state index contributed by atoms with van der Waals surface area (Å²) in [5.74, 6) is 2.44. The van der Waals surface area contributed by atoms with Gasteiger partial charge in [0.05, 0.1) is 25.5 Å². The lowest BCUT2D eigenvalue weighted by molar-refractivity contribution is 0.0964. The molecule has 1 unspecified atom stereocenters. The predicted octanol–water partition coefficient (Wildman–Crippen LogP) is 3.25. The zero-order chi connectivity index (χ0) is 21.4. The predicted molar refractivity (Wildman–Crippen MR) is 113 cm³/mol. The summed E-state index contributed by atoms with van der Waals surface area (Å²) in [6, 6.07) is 7.61. The third-order valence-corrected chi connectivity index (χ3v) is 5.41. The molecular formula is C22H25N5O3. The highest BCUT2D eigenvalue weighted by Crippen LogP contribution is 2.40. The Hall–Kier alpha value is -3.42. The van der Waals surface area contributed by atoms with Gasteiger partial charge < -0.3 is 14.8 Å². The Morgan fingerprint density at radius 3 is 2.43 bits per heavy atom. The minimum absolute atomic E-state index is 0.0408. The number of fused-ring (bicyclic) bond motifs is 1. The van der Waals surface area contributed by atoms with Gasteiger partial charge in [0.15, 0.2) is 11.6 Å². The number of carbonyl (C=O) groups excluding carboxylic acids is 1. The second kappa shape index (κ2) is 7.78. The molecule has 1 aliphatic carbocycles. The minimum atomic E-state index is -0.0445. The van der Waals surface area contributed by atoms with Gasteiger partial charge in [-0.3, -0.25) is 4.79 Å². The zero-order valence-electron chi connectivity index (χ0n) is 17.8. The fourth-order valence-electron chi connectivity index (χ4n) is 4.08. The quantitative estimate of drug-likeness (QED) is 0.694. The van der Waals surface area contributed by atoms with E-state index in [1.807, 2.05) is 38.1 Å². The van der Waals surface area contributed by atoms with Crippen molar-refractivity contribution >= 4 is 11.6 Å². The lowest BCUT2D eigenvalue weighted by Gasteiger charge is -2.24. The topological polar surface area (TPSA) is 91.2 Å². The summed E-state index contributed by atoms with van der Waals surface area (Å²) in [6.45, 7) is 3.84. The van der Waals surface area contributed by atoms with E-state index in [4.69, 9.17) is 9.47 Å². The number of ether oxygens (including phenoxy) is 2. The third kappa shape index (κ3) is 3.38. The van der Waals surface area contributed by atoms with Gasteiger partial charge in [-0.2, -0.15) is 0 Å². The van der Waals surface area contributed by atoms with Crippen LogP contribution in [-0.4, -0.2) is 46.8 Å². The first-order chi connectivity index (χ1) is 14.4.